The van der Waals surface area contributed by atoms with Crippen molar-refractivity contribution in [3.63, 3.8) is 0 Å². The number of rotatable bonds is 6. The van der Waals surface area contributed by atoms with Crippen LogP contribution in [-0.4, -0.2) is 29.3 Å². The molecule has 4 N–H and O–H groups in total. The third-order valence-electron chi connectivity index (χ3n) is 3.83. The maximum atomic E-state index is 9.52. The lowest BCUT2D eigenvalue weighted by atomic mass is 9.87. The van der Waals surface area contributed by atoms with E-state index in [1.54, 1.807) is 0 Å². The molecule has 5 heteroatoms. The molecule has 1 aliphatic carbocycles. The summed E-state index contributed by atoms with van der Waals surface area (Å²) in [5.41, 5.74) is 6.46. The number of ether oxygens (including phenoxy) is 1. The number of pyridine rings is 1. The van der Waals surface area contributed by atoms with E-state index in [2.05, 4.69) is 24.1 Å². The topological polar surface area (TPSA) is 80.4 Å². The van der Waals surface area contributed by atoms with Gasteiger partial charge in [0.25, 0.3) is 0 Å². The Morgan fingerprint density at radius 1 is 1.33 bits per heavy atom. The van der Waals surface area contributed by atoms with Gasteiger partial charge in [-0.2, -0.15) is 4.98 Å². The largest absolute Gasteiger partial charge is 0.476 e. The van der Waals surface area contributed by atoms with Gasteiger partial charge in [-0.1, -0.05) is 13.8 Å². The van der Waals surface area contributed by atoms with Crippen LogP contribution in [0.1, 0.15) is 39.5 Å². The van der Waals surface area contributed by atoms with Crippen LogP contribution in [0.2, 0.25) is 0 Å². The summed E-state index contributed by atoms with van der Waals surface area (Å²) in [4.78, 5) is 4.44. The van der Waals surface area contributed by atoms with Crippen molar-refractivity contribution in [2.24, 2.45) is 11.8 Å². The standard InChI is InChI=1S/C16H27N3O2/c1-11(2)10-21-16-14(17)7-8-15(19-16)18-9-12-3-5-13(20)6-4-12/h7-8,11-13,20H,3-6,9-10,17H2,1-2H3,(H,18,19). The highest BCUT2D eigenvalue weighted by molar-refractivity contribution is 5.53. The molecular weight excluding hydrogens is 266 g/mol. The van der Waals surface area contributed by atoms with Gasteiger partial charge in [-0.25, -0.2) is 0 Å². The molecule has 21 heavy (non-hydrogen) atoms. The van der Waals surface area contributed by atoms with Crippen molar-refractivity contribution >= 4 is 11.5 Å². The van der Waals surface area contributed by atoms with Crippen molar-refractivity contribution in [1.82, 2.24) is 4.98 Å². The van der Waals surface area contributed by atoms with Crippen LogP contribution in [0.4, 0.5) is 11.5 Å². The van der Waals surface area contributed by atoms with Crippen LogP contribution in [0, 0.1) is 11.8 Å². The van der Waals surface area contributed by atoms with Crippen LogP contribution >= 0.6 is 0 Å². The van der Waals surface area contributed by atoms with Crippen LogP contribution in [0.25, 0.3) is 0 Å². The fourth-order valence-corrected chi connectivity index (χ4v) is 2.51. The molecule has 1 saturated carbocycles. The van der Waals surface area contributed by atoms with Gasteiger partial charge in [0.2, 0.25) is 5.88 Å². The number of anilines is 2. The third-order valence-corrected chi connectivity index (χ3v) is 3.83. The molecule has 0 saturated heterocycles. The minimum atomic E-state index is -0.105. The molecule has 0 radical (unpaired) electrons. The molecule has 2 rings (SSSR count). The van der Waals surface area contributed by atoms with Crippen molar-refractivity contribution in [1.29, 1.82) is 0 Å². The van der Waals surface area contributed by atoms with Gasteiger partial charge in [0.15, 0.2) is 0 Å². The van der Waals surface area contributed by atoms with Gasteiger partial charge >= 0.3 is 0 Å². The van der Waals surface area contributed by atoms with Gasteiger partial charge in [-0.3, -0.25) is 0 Å². The zero-order valence-corrected chi connectivity index (χ0v) is 13.0. The van der Waals surface area contributed by atoms with Crippen molar-refractivity contribution in [3.8, 4) is 5.88 Å². The summed E-state index contributed by atoms with van der Waals surface area (Å²) in [6, 6.07) is 3.71. The van der Waals surface area contributed by atoms with Crippen LogP contribution in [0.15, 0.2) is 12.1 Å². The lowest BCUT2D eigenvalue weighted by molar-refractivity contribution is 0.111. The highest BCUT2D eigenvalue weighted by Gasteiger charge is 2.19. The first-order chi connectivity index (χ1) is 10.0. The molecule has 0 unspecified atom stereocenters. The minimum Gasteiger partial charge on any atom is -0.476 e. The molecule has 0 atom stereocenters. The highest BCUT2D eigenvalue weighted by atomic mass is 16.5. The van der Waals surface area contributed by atoms with Crippen LogP contribution in [-0.2, 0) is 0 Å². The maximum Gasteiger partial charge on any atom is 0.239 e. The third kappa shape index (κ3) is 5.08. The van der Waals surface area contributed by atoms with E-state index in [-0.39, 0.29) is 6.10 Å². The SMILES string of the molecule is CC(C)COc1nc(NCC2CCC(O)CC2)ccc1N. The number of hydrogen-bond donors (Lipinski definition) is 3. The molecule has 0 spiro atoms. The summed E-state index contributed by atoms with van der Waals surface area (Å²) in [6.07, 6.45) is 3.85. The second kappa shape index (κ2) is 7.50. The predicted octanol–water partition coefficient (Wildman–Crippen LogP) is 2.66. The van der Waals surface area contributed by atoms with Crippen LogP contribution in [0.5, 0.6) is 5.88 Å². The number of nitrogens with two attached hydrogens (primary N) is 1. The minimum absolute atomic E-state index is 0.105. The summed E-state index contributed by atoms with van der Waals surface area (Å²) in [5.74, 6) is 2.35. The van der Waals surface area contributed by atoms with E-state index in [1.807, 2.05) is 12.1 Å². The first kappa shape index (κ1) is 15.9. The summed E-state index contributed by atoms with van der Waals surface area (Å²) < 4.78 is 5.64. The predicted molar refractivity (Wildman–Crippen MR) is 85.4 cm³/mol. The number of nitrogens with zero attached hydrogens (tertiary/aromatic N) is 1. The first-order valence-electron chi connectivity index (χ1n) is 7.86. The highest BCUT2D eigenvalue weighted by Crippen LogP contribution is 2.25. The second-order valence-electron chi connectivity index (χ2n) is 6.35. The molecule has 1 fully saturated rings. The molecule has 1 aromatic rings. The van der Waals surface area contributed by atoms with E-state index < -0.39 is 0 Å². The van der Waals surface area contributed by atoms with Gasteiger partial charge in [-0.05, 0) is 49.7 Å². The molecule has 5 nitrogen and oxygen atoms in total. The number of aliphatic hydroxyl groups is 1. The van der Waals surface area contributed by atoms with E-state index in [0.29, 0.717) is 30.0 Å². The Labute approximate surface area is 126 Å². The molecule has 0 aliphatic heterocycles. The smallest absolute Gasteiger partial charge is 0.239 e. The Kier molecular flexibility index (Phi) is 5.67. The summed E-state index contributed by atoms with van der Waals surface area (Å²) in [5, 5.41) is 12.9. The number of nitrogen functional groups attached to an aromatic ring is 1. The molecule has 118 valence electrons. The Morgan fingerprint density at radius 2 is 2.05 bits per heavy atom. The Hall–Kier alpha value is -1.49. The number of hydrogen-bond acceptors (Lipinski definition) is 5. The fourth-order valence-electron chi connectivity index (χ4n) is 2.51. The number of aromatic nitrogens is 1. The van der Waals surface area contributed by atoms with Gasteiger partial charge in [0.1, 0.15) is 5.82 Å². The lowest BCUT2D eigenvalue weighted by Crippen LogP contribution is -2.23. The summed E-state index contributed by atoms with van der Waals surface area (Å²) in [6.45, 7) is 5.68. The van der Waals surface area contributed by atoms with Crippen LogP contribution in [0.3, 0.4) is 0 Å². The fraction of sp³-hybridized carbons (Fsp3) is 0.688. The van der Waals surface area contributed by atoms with Crippen molar-refractivity contribution < 1.29 is 9.84 Å². The molecule has 1 aromatic heterocycles. The Bertz CT molecular complexity index is 443. The van der Waals surface area contributed by atoms with E-state index in [0.717, 1.165) is 38.0 Å². The van der Waals surface area contributed by atoms with E-state index in [1.165, 1.54) is 0 Å². The molecular formula is C16H27N3O2. The summed E-state index contributed by atoms with van der Waals surface area (Å²) >= 11 is 0. The van der Waals surface area contributed by atoms with E-state index in [9.17, 15) is 5.11 Å². The zero-order chi connectivity index (χ0) is 15.2. The molecule has 0 amide bonds. The van der Waals surface area contributed by atoms with E-state index in [4.69, 9.17) is 10.5 Å². The van der Waals surface area contributed by atoms with Gasteiger partial charge in [0.05, 0.1) is 18.4 Å². The summed E-state index contributed by atoms with van der Waals surface area (Å²) in [7, 11) is 0. The van der Waals surface area contributed by atoms with Crippen molar-refractivity contribution in [2.75, 3.05) is 24.2 Å². The Balaban J connectivity index is 1.86. The molecule has 0 aromatic carbocycles. The van der Waals surface area contributed by atoms with E-state index >= 15 is 0 Å². The lowest BCUT2D eigenvalue weighted by Gasteiger charge is -2.25. The number of aliphatic hydroxyl groups excluding tert-OH is 1. The Morgan fingerprint density at radius 3 is 2.71 bits per heavy atom. The van der Waals surface area contributed by atoms with Gasteiger partial charge in [0, 0.05) is 6.54 Å². The molecule has 1 aliphatic rings. The maximum absolute atomic E-state index is 9.52. The average molecular weight is 293 g/mol. The van der Waals surface area contributed by atoms with Crippen LogP contribution < -0.4 is 15.8 Å². The molecule has 0 bridgehead atoms. The molecule has 1 heterocycles. The van der Waals surface area contributed by atoms with Crippen molar-refractivity contribution in [2.45, 2.75) is 45.6 Å². The van der Waals surface area contributed by atoms with Crippen molar-refractivity contribution in [3.05, 3.63) is 12.1 Å². The average Bonchev–Trinajstić information content (AvgIpc) is 2.46. The quantitative estimate of drug-likeness (QED) is 0.751. The zero-order valence-electron chi connectivity index (χ0n) is 13.0. The number of nitrogens with one attached hydrogen (secondary N) is 1. The normalized spacial score (nSPS) is 22.3. The van der Waals surface area contributed by atoms with Gasteiger partial charge < -0.3 is 20.9 Å². The monoisotopic (exact) mass is 293 g/mol. The second-order valence-corrected chi connectivity index (χ2v) is 6.35. The first-order valence-corrected chi connectivity index (χ1v) is 7.86. The van der Waals surface area contributed by atoms with Gasteiger partial charge in [-0.15, -0.1) is 0 Å².